The van der Waals surface area contributed by atoms with Crippen molar-refractivity contribution in [1.29, 1.82) is 0 Å². The van der Waals surface area contributed by atoms with Crippen molar-refractivity contribution in [3.63, 3.8) is 0 Å². The van der Waals surface area contributed by atoms with Crippen LogP contribution in [0.5, 0.6) is 0 Å². The molecule has 0 heterocycles. The highest BCUT2D eigenvalue weighted by Crippen LogP contribution is 2.17. The lowest BCUT2D eigenvalue weighted by Gasteiger charge is -2.24. The molecule has 0 saturated carbocycles. The number of thiocarbonyl (C=S) groups is 2. The molecule has 24 heavy (non-hydrogen) atoms. The van der Waals surface area contributed by atoms with Gasteiger partial charge in [0.15, 0.2) is 0 Å². The van der Waals surface area contributed by atoms with Crippen molar-refractivity contribution in [2.75, 3.05) is 0 Å². The quantitative estimate of drug-likeness (QED) is 0.146. The summed E-state index contributed by atoms with van der Waals surface area (Å²) in [4.78, 5) is 25.9. The van der Waals surface area contributed by atoms with Crippen LogP contribution < -0.4 is 22.5 Å². The molecule has 6 N–H and O–H groups in total. The number of rotatable bonds is 4. The van der Waals surface area contributed by atoms with Crippen LogP contribution in [-0.2, 0) is 13.1 Å². The van der Waals surface area contributed by atoms with E-state index in [1.54, 1.807) is 24.3 Å². The largest absolute Gasteiger partial charge is 0.337 e. The Labute approximate surface area is 160 Å². The zero-order chi connectivity index (χ0) is 18.3. The topological polar surface area (TPSA) is 117 Å². The van der Waals surface area contributed by atoms with E-state index in [-0.39, 0.29) is 21.7 Å². The van der Waals surface area contributed by atoms with E-state index in [0.29, 0.717) is 0 Å². The molecular weight excluding hydrogens is 388 g/mol. The predicted octanol–water partition coefficient (Wildman–Crippen LogP) is 0.887. The lowest BCUT2D eigenvalue weighted by Crippen LogP contribution is -2.45. The van der Waals surface area contributed by atoms with Gasteiger partial charge in [-0.1, -0.05) is 48.7 Å². The highest BCUT2D eigenvalue weighted by Gasteiger charge is 2.20. The summed E-state index contributed by atoms with van der Waals surface area (Å²) in [6.07, 6.45) is 0. The first kappa shape index (κ1) is 20.6. The first-order valence-corrected chi connectivity index (χ1v) is 8.11. The number of benzene rings is 1. The van der Waals surface area contributed by atoms with Gasteiger partial charge in [0, 0.05) is 0 Å². The number of urea groups is 2. The smallest absolute Gasteiger partial charge is 0.275 e. The monoisotopic (exact) mass is 404 g/mol. The van der Waals surface area contributed by atoms with Gasteiger partial charge < -0.3 is 0 Å². The molecule has 0 unspecified atom stereocenters. The average Bonchev–Trinajstić information content (AvgIpc) is 2.56. The van der Waals surface area contributed by atoms with Crippen molar-refractivity contribution in [1.82, 2.24) is 20.7 Å². The molecule has 0 aliphatic carbocycles. The molecule has 4 amide bonds. The molecule has 1 rings (SSSR count). The van der Waals surface area contributed by atoms with Crippen molar-refractivity contribution < 1.29 is 9.59 Å². The van der Waals surface area contributed by atoms with Crippen LogP contribution in [0.4, 0.5) is 9.59 Å². The second-order valence-corrected chi connectivity index (χ2v) is 6.63. The van der Waals surface area contributed by atoms with E-state index in [1.165, 1.54) is 9.80 Å². The van der Waals surface area contributed by atoms with Gasteiger partial charge in [-0.15, -0.1) is 25.3 Å². The maximum Gasteiger partial charge on any atom is 0.337 e. The van der Waals surface area contributed by atoms with Crippen molar-refractivity contribution in [2.45, 2.75) is 13.1 Å². The Balaban J connectivity index is 3.11. The highest BCUT2D eigenvalue weighted by molar-refractivity contribution is 8.11. The van der Waals surface area contributed by atoms with Gasteiger partial charge in [-0.2, -0.15) is 0 Å². The second-order valence-electron chi connectivity index (χ2n) is 4.41. The maximum atomic E-state index is 11.8. The van der Waals surface area contributed by atoms with E-state index < -0.39 is 12.1 Å². The third-order valence-electron chi connectivity index (χ3n) is 2.97. The number of carbonyl (C=O) groups is 2. The van der Waals surface area contributed by atoms with E-state index in [2.05, 4.69) is 25.3 Å². The minimum absolute atomic E-state index is 0.0500. The van der Waals surface area contributed by atoms with Crippen LogP contribution in [0.3, 0.4) is 0 Å². The number of thiol groups is 2. The molecule has 0 saturated heterocycles. The highest BCUT2D eigenvalue weighted by atomic mass is 32.1. The molecule has 0 aliphatic rings. The van der Waals surface area contributed by atoms with E-state index in [1.807, 2.05) is 10.9 Å². The SMILES string of the molecule is NNC(=O)N(Cc1ccccc1CN(C(=O)NN)C(=S)S)C(=S)S. The van der Waals surface area contributed by atoms with Gasteiger partial charge >= 0.3 is 12.1 Å². The van der Waals surface area contributed by atoms with E-state index in [0.717, 1.165) is 11.1 Å². The van der Waals surface area contributed by atoms with Gasteiger partial charge in [0.1, 0.15) is 8.64 Å². The van der Waals surface area contributed by atoms with Gasteiger partial charge in [-0.25, -0.2) is 21.3 Å². The van der Waals surface area contributed by atoms with Crippen LogP contribution in [0, 0.1) is 0 Å². The molecule has 0 aliphatic heterocycles. The molecule has 0 spiro atoms. The Kier molecular flexibility index (Phi) is 8.38. The number of hydrazine groups is 2. The van der Waals surface area contributed by atoms with Gasteiger partial charge in [0.05, 0.1) is 13.1 Å². The summed E-state index contributed by atoms with van der Waals surface area (Å²) in [7, 11) is 0. The zero-order valence-electron chi connectivity index (χ0n) is 12.3. The summed E-state index contributed by atoms with van der Waals surface area (Å²) in [5.74, 6) is 10.3. The summed E-state index contributed by atoms with van der Waals surface area (Å²) >= 11 is 17.9. The Hall–Kier alpha value is -1.44. The van der Waals surface area contributed by atoms with Crippen LogP contribution >= 0.6 is 49.7 Å². The fourth-order valence-electron chi connectivity index (χ4n) is 1.82. The van der Waals surface area contributed by atoms with Crippen LogP contribution in [-0.4, -0.2) is 30.5 Å². The first-order chi connectivity index (χ1) is 11.3. The molecular formula is C12H16N6O2S4. The molecule has 0 fully saturated rings. The van der Waals surface area contributed by atoms with Crippen LogP contribution in [0.25, 0.3) is 0 Å². The Morgan fingerprint density at radius 2 is 1.25 bits per heavy atom. The number of nitrogens with two attached hydrogens (primary N) is 2. The molecule has 1 aromatic carbocycles. The molecule has 0 bridgehead atoms. The number of hydrogen-bond donors (Lipinski definition) is 6. The second kappa shape index (κ2) is 9.76. The van der Waals surface area contributed by atoms with Gasteiger partial charge in [0.25, 0.3) is 0 Å². The lowest BCUT2D eigenvalue weighted by molar-refractivity contribution is 0.218. The Morgan fingerprint density at radius 3 is 1.50 bits per heavy atom. The standard InChI is InChI=1S/C12H16N6O2S4/c13-15-9(19)17(11(21)22)5-7-3-1-2-4-8(7)6-18(12(23)24)10(20)16-14/h1-4H,5-6,13-14H2,(H,15,19)(H,16,20)(H,21,22)(H,23,24). The molecule has 12 heteroatoms. The molecule has 130 valence electrons. The minimum Gasteiger partial charge on any atom is -0.275 e. The number of carbonyl (C=O) groups excluding carboxylic acids is 2. The van der Waals surface area contributed by atoms with Gasteiger partial charge in [-0.05, 0) is 11.1 Å². The van der Waals surface area contributed by atoms with E-state index in [9.17, 15) is 9.59 Å². The molecule has 1 aromatic rings. The summed E-state index contributed by atoms with van der Waals surface area (Å²) in [5, 5.41) is 0. The van der Waals surface area contributed by atoms with E-state index >= 15 is 0 Å². The minimum atomic E-state index is -0.605. The number of nitrogens with zero attached hydrogens (tertiary/aromatic N) is 2. The third kappa shape index (κ3) is 5.58. The van der Waals surface area contributed by atoms with Crippen molar-refractivity contribution in [2.24, 2.45) is 11.7 Å². The average molecular weight is 405 g/mol. The van der Waals surface area contributed by atoms with Crippen LogP contribution in [0.2, 0.25) is 0 Å². The fraction of sp³-hybridized carbons (Fsp3) is 0.167. The number of hydrogen-bond acceptors (Lipinski definition) is 6. The summed E-state index contributed by atoms with van der Waals surface area (Å²) in [6.45, 7) is 0.220. The van der Waals surface area contributed by atoms with Crippen molar-refractivity contribution in [3.8, 4) is 0 Å². The van der Waals surface area contributed by atoms with Crippen LogP contribution in [0.1, 0.15) is 11.1 Å². The Bertz CT molecular complexity index is 601. The summed E-state index contributed by atoms with van der Waals surface area (Å²) < 4.78 is 0.100. The Morgan fingerprint density at radius 1 is 0.917 bits per heavy atom. The zero-order valence-corrected chi connectivity index (χ0v) is 15.7. The summed E-state index contributed by atoms with van der Waals surface area (Å²) in [5.41, 5.74) is 5.44. The first-order valence-electron chi connectivity index (χ1n) is 6.40. The lowest BCUT2D eigenvalue weighted by atomic mass is 10.1. The fourth-order valence-corrected chi connectivity index (χ4v) is 2.43. The number of nitrogens with one attached hydrogen (secondary N) is 2. The number of amides is 4. The summed E-state index contributed by atoms with van der Waals surface area (Å²) in [6, 6.07) is 5.91. The van der Waals surface area contributed by atoms with Gasteiger partial charge in [0.2, 0.25) is 0 Å². The molecule has 0 atom stereocenters. The van der Waals surface area contributed by atoms with Gasteiger partial charge in [-0.3, -0.25) is 20.7 Å². The molecule has 0 aromatic heterocycles. The van der Waals surface area contributed by atoms with Crippen molar-refractivity contribution >= 4 is 70.4 Å². The maximum absolute atomic E-state index is 11.8. The predicted molar refractivity (Wildman–Crippen MR) is 106 cm³/mol. The molecule has 8 nitrogen and oxygen atoms in total. The normalized spacial score (nSPS) is 9.83. The molecule has 0 radical (unpaired) electrons. The van der Waals surface area contributed by atoms with Crippen molar-refractivity contribution in [3.05, 3.63) is 35.4 Å². The van der Waals surface area contributed by atoms with E-state index in [4.69, 9.17) is 36.1 Å². The van der Waals surface area contributed by atoms with Crippen LogP contribution in [0.15, 0.2) is 24.3 Å². The third-order valence-corrected chi connectivity index (χ3v) is 3.90.